The molecule has 0 radical (unpaired) electrons. The Hall–Kier alpha value is -1.14. The molecule has 0 aromatic heterocycles. The van der Waals surface area contributed by atoms with Crippen molar-refractivity contribution < 1.29 is 19.1 Å². The van der Waals surface area contributed by atoms with Crippen LogP contribution in [0.5, 0.6) is 0 Å². The third-order valence-electron chi connectivity index (χ3n) is 14.3. The largest absolute Gasteiger partial charge is 0.465 e. The van der Waals surface area contributed by atoms with Gasteiger partial charge in [0, 0.05) is 19.4 Å². The van der Waals surface area contributed by atoms with Crippen molar-refractivity contribution in [3.63, 3.8) is 0 Å². The van der Waals surface area contributed by atoms with E-state index < -0.39 is 0 Å². The molecule has 0 unspecified atom stereocenters. The molecule has 1 aliphatic rings. The number of hydrogen-bond acceptors (Lipinski definition) is 6. The molecule has 6 heteroatoms. The third kappa shape index (κ3) is 36.1. The fourth-order valence-corrected chi connectivity index (χ4v) is 9.73. The fourth-order valence-electron chi connectivity index (χ4n) is 9.73. The molecule has 0 amide bonds. The van der Waals surface area contributed by atoms with Crippen molar-refractivity contribution in [1.29, 1.82) is 0 Å². The van der Waals surface area contributed by atoms with Gasteiger partial charge in [0.25, 0.3) is 0 Å². The first-order chi connectivity index (χ1) is 30.2. The third-order valence-corrected chi connectivity index (χ3v) is 14.3. The number of piperidine rings is 1. The molecular weight excluding hydrogens is 765 g/mol. The Morgan fingerprint density at radius 2 is 0.774 bits per heavy atom. The van der Waals surface area contributed by atoms with E-state index in [0.29, 0.717) is 43.3 Å². The number of unbranched alkanes of at least 4 members (excludes halogenated alkanes) is 24. The molecule has 0 spiro atoms. The molecule has 0 aromatic rings. The molecule has 1 saturated heterocycles. The normalized spacial score (nSPS) is 14.4. The van der Waals surface area contributed by atoms with Gasteiger partial charge in [-0.15, -0.1) is 0 Å². The van der Waals surface area contributed by atoms with Crippen LogP contribution in [0.25, 0.3) is 0 Å². The summed E-state index contributed by atoms with van der Waals surface area (Å²) in [7, 11) is 2.25. The van der Waals surface area contributed by atoms with E-state index in [1.165, 1.54) is 206 Å². The Morgan fingerprint density at radius 3 is 1.11 bits per heavy atom. The lowest BCUT2D eigenvalue weighted by Gasteiger charge is -2.41. The van der Waals surface area contributed by atoms with Crippen LogP contribution in [0, 0.1) is 17.3 Å². The Bertz CT molecular complexity index is 887. The van der Waals surface area contributed by atoms with Crippen LogP contribution in [0.2, 0.25) is 0 Å². The molecule has 0 N–H and O–H groups in total. The Morgan fingerprint density at radius 1 is 0.468 bits per heavy atom. The molecule has 1 aliphatic heterocycles. The minimum atomic E-state index is 0.0150. The van der Waals surface area contributed by atoms with Crippen LogP contribution in [-0.4, -0.2) is 74.7 Å². The maximum atomic E-state index is 12.9. The van der Waals surface area contributed by atoms with Gasteiger partial charge in [-0.05, 0) is 115 Å². The van der Waals surface area contributed by atoms with Crippen molar-refractivity contribution in [3.8, 4) is 0 Å². The summed E-state index contributed by atoms with van der Waals surface area (Å²) in [6.45, 7) is 18.6. The number of likely N-dealkylation sites (tertiary alicyclic amines) is 1. The lowest BCUT2D eigenvalue weighted by molar-refractivity contribution is -0.146. The molecule has 6 nitrogen and oxygen atoms in total. The quantitative estimate of drug-likeness (QED) is 0.0449. The molecule has 0 bridgehead atoms. The van der Waals surface area contributed by atoms with E-state index in [1.807, 2.05) is 0 Å². The summed E-state index contributed by atoms with van der Waals surface area (Å²) in [4.78, 5) is 31.0. The summed E-state index contributed by atoms with van der Waals surface area (Å²) in [5.74, 6) is 1.09. The van der Waals surface area contributed by atoms with Crippen molar-refractivity contribution in [2.45, 2.75) is 279 Å². The maximum absolute atomic E-state index is 12.9. The summed E-state index contributed by atoms with van der Waals surface area (Å²) in [6.07, 6.45) is 46.6. The highest BCUT2D eigenvalue weighted by Crippen LogP contribution is 2.32. The Kier molecular flexibility index (Phi) is 40.4. The molecule has 0 atom stereocenters. The predicted molar refractivity (Wildman–Crippen MR) is 269 cm³/mol. The highest BCUT2D eigenvalue weighted by Gasteiger charge is 2.30. The van der Waals surface area contributed by atoms with Crippen LogP contribution >= 0.6 is 0 Å². The van der Waals surface area contributed by atoms with E-state index in [4.69, 9.17) is 9.47 Å². The van der Waals surface area contributed by atoms with Gasteiger partial charge in [0.2, 0.25) is 0 Å². The molecule has 1 heterocycles. The van der Waals surface area contributed by atoms with Crippen LogP contribution in [0.4, 0.5) is 0 Å². The van der Waals surface area contributed by atoms with E-state index in [1.54, 1.807) is 0 Å². The van der Waals surface area contributed by atoms with Gasteiger partial charge in [-0.25, -0.2) is 0 Å². The maximum Gasteiger partial charge on any atom is 0.305 e. The van der Waals surface area contributed by atoms with Crippen LogP contribution in [0.15, 0.2) is 0 Å². The molecule has 0 saturated carbocycles. The average Bonchev–Trinajstić information content (AvgIpc) is 3.26. The topological polar surface area (TPSA) is 59.1 Å². The monoisotopic (exact) mass is 875 g/mol. The van der Waals surface area contributed by atoms with E-state index in [0.717, 1.165) is 58.2 Å². The molecule has 1 rings (SSSR count). The van der Waals surface area contributed by atoms with Crippen molar-refractivity contribution in [1.82, 2.24) is 9.80 Å². The first kappa shape index (κ1) is 58.9. The SMILES string of the molecule is CCCCCCCCC(CCCCCCCC)COC(=O)CCCCCN(CCCCCC(=O)OCC(CCCCCCCC)CCCCCCCC)CC1(C)CCN(C)CC1. The van der Waals surface area contributed by atoms with E-state index in [-0.39, 0.29) is 11.9 Å². The van der Waals surface area contributed by atoms with Gasteiger partial charge < -0.3 is 19.3 Å². The highest BCUT2D eigenvalue weighted by molar-refractivity contribution is 5.69. The number of carbonyl (C=O) groups is 2. The summed E-state index contributed by atoms with van der Waals surface area (Å²) in [5.41, 5.74) is 0.364. The van der Waals surface area contributed by atoms with Crippen LogP contribution < -0.4 is 0 Å². The number of rotatable bonds is 46. The van der Waals surface area contributed by atoms with Crippen molar-refractivity contribution >= 4 is 11.9 Å². The van der Waals surface area contributed by atoms with E-state index in [2.05, 4.69) is 51.5 Å². The second kappa shape index (κ2) is 42.5. The van der Waals surface area contributed by atoms with Crippen molar-refractivity contribution in [3.05, 3.63) is 0 Å². The standard InChI is InChI=1S/C56H110N2O4/c1-7-11-15-19-23-29-37-52(38-30-24-20-16-12-8-2)49-61-54(59)41-33-27-35-45-58(51-56(5)43-47-57(6)48-44-56)46-36-28-34-42-55(60)62-50-53(39-31-25-21-17-13-9-3)40-32-26-22-18-14-10-4/h52-53H,7-51H2,1-6H3. The van der Waals surface area contributed by atoms with Crippen LogP contribution in [0.3, 0.4) is 0 Å². The minimum absolute atomic E-state index is 0.0150. The fraction of sp³-hybridized carbons (Fsp3) is 0.964. The molecule has 1 fully saturated rings. The highest BCUT2D eigenvalue weighted by atomic mass is 16.5. The lowest BCUT2D eigenvalue weighted by Crippen LogP contribution is -2.44. The van der Waals surface area contributed by atoms with Crippen LogP contribution in [-0.2, 0) is 19.1 Å². The summed E-state index contributed by atoms with van der Waals surface area (Å²) < 4.78 is 11.9. The van der Waals surface area contributed by atoms with Crippen LogP contribution in [0.1, 0.15) is 279 Å². The number of carbonyl (C=O) groups excluding carboxylic acids is 2. The van der Waals surface area contributed by atoms with Crippen molar-refractivity contribution in [2.75, 3.05) is 53.0 Å². The zero-order chi connectivity index (χ0) is 45.2. The molecule has 368 valence electrons. The minimum Gasteiger partial charge on any atom is -0.465 e. The van der Waals surface area contributed by atoms with Gasteiger partial charge in [0.15, 0.2) is 0 Å². The number of hydrogen-bond donors (Lipinski definition) is 0. The molecule has 0 aromatic carbocycles. The number of nitrogens with zero attached hydrogens (tertiary/aromatic N) is 2. The molecule has 62 heavy (non-hydrogen) atoms. The second-order valence-corrected chi connectivity index (χ2v) is 20.8. The van der Waals surface area contributed by atoms with Gasteiger partial charge in [-0.3, -0.25) is 9.59 Å². The van der Waals surface area contributed by atoms with Gasteiger partial charge in [0.05, 0.1) is 13.2 Å². The zero-order valence-electron chi connectivity index (χ0n) is 43.0. The smallest absolute Gasteiger partial charge is 0.305 e. The van der Waals surface area contributed by atoms with Gasteiger partial charge in [0.1, 0.15) is 0 Å². The van der Waals surface area contributed by atoms with Crippen molar-refractivity contribution in [2.24, 2.45) is 17.3 Å². The predicted octanol–water partition coefficient (Wildman–Crippen LogP) is 16.5. The van der Waals surface area contributed by atoms with Gasteiger partial charge in [-0.1, -0.05) is 202 Å². The lowest BCUT2D eigenvalue weighted by atomic mass is 9.80. The number of esters is 2. The first-order valence-electron chi connectivity index (χ1n) is 28.0. The first-order valence-corrected chi connectivity index (χ1v) is 28.0. The zero-order valence-corrected chi connectivity index (χ0v) is 43.0. The van der Waals surface area contributed by atoms with Gasteiger partial charge in [-0.2, -0.15) is 0 Å². The van der Waals surface area contributed by atoms with E-state index >= 15 is 0 Å². The van der Waals surface area contributed by atoms with E-state index in [9.17, 15) is 9.59 Å². The second-order valence-electron chi connectivity index (χ2n) is 20.8. The van der Waals surface area contributed by atoms with Gasteiger partial charge >= 0.3 is 11.9 Å². The summed E-state index contributed by atoms with van der Waals surface area (Å²) in [6, 6.07) is 0. The summed E-state index contributed by atoms with van der Waals surface area (Å²) in [5, 5.41) is 0. The summed E-state index contributed by atoms with van der Waals surface area (Å²) >= 11 is 0. The average molecular weight is 876 g/mol. The molecular formula is C56H110N2O4. The molecule has 0 aliphatic carbocycles. The Labute approximate surface area is 388 Å². The number of ether oxygens (including phenoxy) is 2. The Balaban J connectivity index is 2.49.